The Kier molecular flexibility index (Phi) is 2.44. The summed E-state index contributed by atoms with van der Waals surface area (Å²) in [5.41, 5.74) is 2.54. The van der Waals surface area contributed by atoms with Crippen LogP contribution in [-0.2, 0) is 0 Å². The lowest BCUT2D eigenvalue weighted by Gasteiger charge is -2.35. The first-order valence-electron chi connectivity index (χ1n) is 4.58. The highest BCUT2D eigenvalue weighted by atomic mass is 19.1. The molecule has 0 unspecified atom stereocenters. The van der Waals surface area contributed by atoms with E-state index in [0.717, 1.165) is 25.9 Å². The van der Waals surface area contributed by atoms with Crippen molar-refractivity contribution < 1.29 is 4.39 Å². The van der Waals surface area contributed by atoms with Gasteiger partial charge in [0, 0.05) is 19.2 Å². The maximum atomic E-state index is 12.8. The highest BCUT2D eigenvalue weighted by Crippen LogP contribution is 2.12. The van der Waals surface area contributed by atoms with E-state index in [1.165, 1.54) is 23.9 Å². The molecule has 5 heteroatoms. The molecule has 0 aromatic rings. The van der Waals surface area contributed by atoms with Crippen molar-refractivity contribution >= 4 is 6.21 Å². The van der Waals surface area contributed by atoms with Gasteiger partial charge in [-0.05, 0) is 12.8 Å². The van der Waals surface area contributed by atoms with E-state index >= 15 is 0 Å². The van der Waals surface area contributed by atoms with Gasteiger partial charge in [0.1, 0.15) is 0 Å². The molecule has 2 aliphatic heterocycles. The van der Waals surface area contributed by atoms with Gasteiger partial charge in [0.15, 0.2) is 0 Å². The minimum Gasteiger partial charge on any atom is -0.242 e. The molecule has 0 aromatic carbocycles. The van der Waals surface area contributed by atoms with Crippen LogP contribution >= 0.6 is 0 Å². The number of rotatable bonds is 1. The summed E-state index contributed by atoms with van der Waals surface area (Å²) in [6.45, 7) is 1.88. The van der Waals surface area contributed by atoms with Crippen LogP contribution in [0.25, 0.3) is 0 Å². The van der Waals surface area contributed by atoms with Gasteiger partial charge in [-0.15, -0.1) is 10.3 Å². The quantitative estimate of drug-likeness (QED) is 0.617. The monoisotopic (exact) mass is 184 g/mol. The van der Waals surface area contributed by atoms with Gasteiger partial charge in [0.2, 0.25) is 5.95 Å². The topological polar surface area (TPSA) is 30.9 Å². The lowest BCUT2D eigenvalue weighted by atomic mass is 10.2. The van der Waals surface area contributed by atoms with E-state index in [1.807, 2.05) is 5.01 Å². The van der Waals surface area contributed by atoms with Crippen LogP contribution in [0.15, 0.2) is 17.1 Å². The number of nitrogens with one attached hydrogen (secondary N) is 1. The molecule has 0 amide bonds. The largest absolute Gasteiger partial charge is 0.242 e. The highest BCUT2D eigenvalue weighted by molar-refractivity contribution is 5.71. The molecule has 0 saturated carbocycles. The van der Waals surface area contributed by atoms with Crippen molar-refractivity contribution in [3.05, 3.63) is 12.0 Å². The SMILES string of the molecule is FC1=CC=NN(N2CCCCC2)N1. The van der Waals surface area contributed by atoms with Gasteiger partial charge in [-0.1, -0.05) is 6.42 Å². The highest BCUT2D eigenvalue weighted by Gasteiger charge is 2.18. The third-order valence-electron chi connectivity index (χ3n) is 2.20. The Morgan fingerprint density at radius 1 is 1.31 bits per heavy atom. The zero-order valence-electron chi connectivity index (χ0n) is 7.41. The molecule has 0 atom stereocenters. The Balaban J connectivity index is 1.93. The van der Waals surface area contributed by atoms with Crippen LogP contribution in [0.1, 0.15) is 19.3 Å². The number of allylic oxidation sites excluding steroid dienone is 1. The summed E-state index contributed by atoms with van der Waals surface area (Å²) in [4.78, 5) is 0. The number of piperidine rings is 1. The van der Waals surface area contributed by atoms with Crippen LogP contribution in [0.5, 0.6) is 0 Å². The van der Waals surface area contributed by atoms with E-state index in [-0.39, 0.29) is 5.95 Å². The fourth-order valence-corrected chi connectivity index (χ4v) is 1.53. The van der Waals surface area contributed by atoms with Crippen molar-refractivity contribution in [2.75, 3.05) is 13.1 Å². The normalized spacial score (nSPS) is 24.1. The van der Waals surface area contributed by atoms with Gasteiger partial charge in [-0.3, -0.25) is 0 Å². The fraction of sp³-hybridized carbons (Fsp3) is 0.625. The average Bonchev–Trinajstić information content (AvgIpc) is 2.19. The van der Waals surface area contributed by atoms with Crippen LogP contribution in [0.2, 0.25) is 0 Å². The lowest BCUT2D eigenvalue weighted by Crippen LogP contribution is -2.49. The van der Waals surface area contributed by atoms with E-state index in [9.17, 15) is 4.39 Å². The minimum atomic E-state index is -0.361. The zero-order valence-corrected chi connectivity index (χ0v) is 7.41. The molecule has 1 N–H and O–H groups in total. The smallest absolute Gasteiger partial charge is 0.209 e. The summed E-state index contributed by atoms with van der Waals surface area (Å²) in [5.74, 6) is -0.361. The van der Waals surface area contributed by atoms with Crippen LogP contribution < -0.4 is 5.43 Å². The zero-order chi connectivity index (χ0) is 9.10. The summed E-state index contributed by atoms with van der Waals surface area (Å²) < 4.78 is 12.8. The maximum absolute atomic E-state index is 12.8. The molecule has 2 heterocycles. The number of hydrogen-bond acceptors (Lipinski definition) is 4. The molecule has 0 radical (unpaired) electrons. The second-order valence-corrected chi connectivity index (χ2v) is 3.19. The maximum Gasteiger partial charge on any atom is 0.209 e. The number of halogens is 1. The van der Waals surface area contributed by atoms with E-state index < -0.39 is 0 Å². The van der Waals surface area contributed by atoms with Crippen LogP contribution in [0.3, 0.4) is 0 Å². The van der Waals surface area contributed by atoms with E-state index in [2.05, 4.69) is 10.5 Å². The van der Waals surface area contributed by atoms with Gasteiger partial charge in [-0.2, -0.15) is 9.40 Å². The molecule has 1 saturated heterocycles. The second-order valence-electron chi connectivity index (χ2n) is 3.19. The summed E-state index contributed by atoms with van der Waals surface area (Å²) in [5, 5.41) is 7.50. The Morgan fingerprint density at radius 2 is 2.08 bits per heavy atom. The van der Waals surface area contributed by atoms with Crippen LogP contribution in [-0.4, -0.2) is 29.5 Å². The van der Waals surface area contributed by atoms with Gasteiger partial charge in [0.25, 0.3) is 0 Å². The predicted octanol–water partition coefficient (Wildman–Crippen LogP) is 1.00. The van der Waals surface area contributed by atoms with Gasteiger partial charge < -0.3 is 0 Å². The first kappa shape index (κ1) is 8.50. The molecule has 0 aromatic heterocycles. The molecular weight excluding hydrogens is 171 g/mol. The first-order valence-corrected chi connectivity index (χ1v) is 4.58. The Morgan fingerprint density at radius 3 is 2.77 bits per heavy atom. The van der Waals surface area contributed by atoms with Crippen molar-refractivity contribution in [1.29, 1.82) is 0 Å². The Labute approximate surface area is 76.6 Å². The van der Waals surface area contributed by atoms with Crippen LogP contribution in [0, 0.1) is 0 Å². The van der Waals surface area contributed by atoms with Crippen molar-refractivity contribution in [3.63, 3.8) is 0 Å². The van der Waals surface area contributed by atoms with Gasteiger partial charge >= 0.3 is 0 Å². The summed E-state index contributed by atoms with van der Waals surface area (Å²) in [6, 6.07) is 0. The lowest BCUT2D eigenvalue weighted by molar-refractivity contribution is -0.0778. The van der Waals surface area contributed by atoms with Crippen molar-refractivity contribution in [2.24, 2.45) is 5.10 Å². The molecule has 0 aliphatic carbocycles. The number of nitrogens with zero attached hydrogens (tertiary/aromatic N) is 3. The first-order chi connectivity index (χ1) is 6.36. The van der Waals surface area contributed by atoms with Crippen molar-refractivity contribution in [1.82, 2.24) is 15.7 Å². The van der Waals surface area contributed by atoms with Gasteiger partial charge in [-0.25, -0.2) is 5.43 Å². The molecule has 0 bridgehead atoms. The average molecular weight is 184 g/mol. The third kappa shape index (κ3) is 1.98. The van der Waals surface area contributed by atoms with Crippen molar-refractivity contribution in [3.8, 4) is 0 Å². The van der Waals surface area contributed by atoms with E-state index in [1.54, 1.807) is 0 Å². The summed E-state index contributed by atoms with van der Waals surface area (Å²) >= 11 is 0. The van der Waals surface area contributed by atoms with Crippen LogP contribution in [0.4, 0.5) is 4.39 Å². The molecule has 0 spiro atoms. The molecule has 72 valence electrons. The predicted molar refractivity (Wildman–Crippen MR) is 48.1 cm³/mol. The molecule has 4 nitrogen and oxygen atoms in total. The third-order valence-corrected chi connectivity index (χ3v) is 2.20. The fourth-order valence-electron chi connectivity index (χ4n) is 1.53. The van der Waals surface area contributed by atoms with E-state index in [4.69, 9.17) is 0 Å². The number of hydrogen-bond donors (Lipinski definition) is 1. The van der Waals surface area contributed by atoms with Crippen molar-refractivity contribution in [2.45, 2.75) is 19.3 Å². The Bertz CT molecular complexity index is 232. The molecular formula is C8H13FN4. The number of hydrazone groups is 1. The molecule has 13 heavy (non-hydrogen) atoms. The number of hydrazine groups is 2. The van der Waals surface area contributed by atoms with Gasteiger partial charge in [0.05, 0.1) is 6.21 Å². The minimum absolute atomic E-state index is 0.361. The standard InChI is InChI=1S/C8H13FN4/c9-8-4-5-10-13(11-8)12-6-2-1-3-7-12/h4-5,11H,1-3,6-7H2. The summed E-state index contributed by atoms with van der Waals surface area (Å²) in [7, 11) is 0. The second kappa shape index (κ2) is 3.74. The molecule has 2 rings (SSSR count). The van der Waals surface area contributed by atoms with E-state index in [0.29, 0.717) is 0 Å². The summed E-state index contributed by atoms with van der Waals surface area (Å²) in [6.07, 6.45) is 6.32. The molecule has 1 fully saturated rings. The molecule has 2 aliphatic rings. The Hall–Kier alpha value is -1.10.